The van der Waals surface area contributed by atoms with E-state index in [9.17, 15) is 15.0 Å². The Morgan fingerprint density at radius 2 is 0.759 bits per heavy atom. The fraction of sp³-hybridized carbons (Fsp3) is 0.820. The molecule has 4 nitrogen and oxygen atoms in total. The maximum atomic E-state index is 12.3. The van der Waals surface area contributed by atoms with Gasteiger partial charge >= 0.3 is 0 Å². The molecule has 3 N–H and O–H groups in total. The number of carbonyl (C=O) groups is 1. The predicted molar refractivity (Wildman–Crippen MR) is 239 cm³/mol. The third kappa shape index (κ3) is 41.5. The summed E-state index contributed by atoms with van der Waals surface area (Å²) in [4.78, 5) is 12.3. The number of carbonyl (C=O) groups excluding carboxylic acids is 1. The Labute approximate surface area is 337 Å². The van der Waals surface area contributed by atoms with Crippen LogP contribution in [0.3, 0.4) is 0 Å². The first-order valence-corrected chi connectivity index (χ1v) is 23.9. The number of unbranched alkanes of at least 4 members (excludes halogenated alkanes) is 30. The second-order valence-corrected chi connectivity index (χ2v) is 16.2. The summed E-state index contributed by atoms with van der Waals surface area (Å²) < 4.78 is 0. The van der Waals surface area contributed by atoms with Crippen LogP contribution in [0.1, 0.15) is 245 Å². The van der Waals surface area contributed by atoms with Crippen LogP contribution in [0, 0.1) is 0 Å². The van der Waals surface area contributed by atoms with Crippen LogP contribution in [0.15, 0.2) is 48.6 Å². The Kier molecular flexibility index (Phi) is 44.3. The van der Waals surface area contributed by atoms with Crippen molar-refractivity contribution >= 4 is 5.91 Å². The van der Waals surface area contributed by atoms with Crippen LogP contribution in [0.4, 0.5) is 0 Å². The summed E-state index contributed by atoms with van der Waals surface area (Å²) in [7, 11) is 0. The minimum absolute atomic E-state index is 0.0669. The maximum Gasteiger partial charge on any atom is 0.220 e. The van der Waals surface area contributed by atoms with Crippen LogP contribution >= 0.6 is 0 Å². The van der Waals surface area contributed by atoms with Crippen molar-refractivity contribution in [3.8, 4) is 0 Å². The van der Waals surface area contributed by atoms with Crippen LogP contribution < -0.4 is 5.32 Å². The molecule has 0 aliphatic heterocycles. The van der Waals surface area contributed by atoms with E-state index in [2.05, 4.69) is 55.6 Å². The minimum Gasteiger partial charge on any atom is -0.394 e. The molecule has 0 saturated heterocycles. The van der Waals surface area contributed by atoms with Gasteiger partial charge in [-0.25, -0.2) is 0 Å². The highest BCUT2D eigenvalue weighted by Gasteiger charge is 2.17. The molecule has 0 saturated carbocycles. The number of nitrogens with one attached hydrogen (secondary N) is 1. The average molecular weight is 756 g/mol. The zero-order valence-corrected chi connectivity index (χ0v) is 36.2. The monoisotopic (exact) mass is 756 g/mol. The quantitative estimate of drug-likeness (QED) is 0.0429. The van der Waals surface area contributed by atoms with Crippen molar-refractivity contribution in [3.63, 3.8) is 0 Å². The molecule has 54 heavy (non-hydrogen) atoms. The second kappa shape index (κ2) is 45.7. The lowest BCUT2D eigenvalue weighted by atomic mass is 10.0. The van der Waals surface area contributed by atoms with Gasteiger partial charge in [0.25, 0.3) is 0 Å². The summed E-state index contributed by atoms with van der Waals surface area (Å²) in [6.07, 6.45) is 62.7. The summed E-state index contributed by atoms with van der Waals surface area (Å²) in [6.45, 7) is 4.24. The number of aliphatic hydroxyl groups is 2. The number of hydrogen-bond donors (Lipinski definition) is 3. The lowest BCUT2D eigenvalue weighted by molar-refractivity contribution is -0.123. The van der Waals surface area contributed by atoms with Gasteiger partial charge in [0.15, 0.2) is 0 Å². The van der Waals surface area contributed by atoms with Crippen molar-refractivity contribution in [2.45, 2.75) is 257 Å². The molecule has 2 unspecified atom stereocenters. The van der Waals surface area contributed by atoms with Crippen LogP contribution in [-0.4, -0.2) is 34.9 Å². The van der Waals surface area contributed by atoms with E-state index < -0.39 is 12.1 Å². The van der Waals surface area contributed by atoms with Gasteiger partial charge in [0.2, 0.25) is 5.91 Å². The molecule has 2 atom stereocenters. The van der Waals surface area contributed by atoms with E-state index in [1.54, 1.807) is 6.08 Å². The predicted octanol–water partition coefficient (Wildman–Crippen LogP) is 15.1. The van der Waals surface area contributed by atoms with Gasteiger partial charge in [0.1, 0.15) is 0 Å². The maximum absolute atomic E-state index is 12.3. The number of rotatable bonds is 43. The fourth-order valence-corrected chi connectivity index (χ4v) is 7.13. The smallest absolute Gasteiger partial charge is 0.220 e. The molecule has 0 radical (unpaired) electrons. The van der Waals surface area contributed by atoms with Gasteiger partial charge in [-0.15, -0.1) is 0 Å². The van der Waals surface area contributed by atoms with E-state index in [1.807, 2.05) is 6.08 Å². The molecule has 0 aliphatic carbocycles. The molecular formula is C50H93NO3. The van der Waals surface area contributed by atoms with Gasteiger partial charge < -0.3 is 15.5 Å². The number of hydrogen-bond acceptors (Lipinski definition) is 3. The van der Waals surface area contributed by atoms with E-state index >= 15 is 0 Å². The molecule has 316 valence electrons. The van der Waals surface area contributed by atoms with Crippen LogP contribution in [0.25, 0.3) is 0 Å². The first-order valence-electron chi connectivity index (χ1n) is 23.9. The largest absolute Gasteiger partial charge is 0.394 e. The lowest BCUT2D eigenvalue weighted by Gasteiger charge is -2.20. The highest BCUT2D eigenvalue weighted by atomic mass is 16.3. The van der Waals surface area contributed by atoms with Crippen LogP contribution in [0.2, 0.25) is 0 Å². The minimum atomic E-state index is -0.834. The molecule has 0 heterocycles. The molecule has 4 heteroatoms. The molecule has 0 spiro atoms. The van der Waals surface area contributed by atoms with Crippen LogP contribution in [-0.2, 0) is 4.79 Å². The molecule has 0 aromatic carbocycles. The number of aliphatic hydroxyl groups excluding tert-OH is 2. The van der Waals surface area contributed by atoms with E-state index in [0.717, 1.165) is 38.5 Å². The number of allylic oxidation sites excluding steroid dienone is 7. The lowest BCUT2D eigenvalue weighted by Crippen LogP contribution is -2.45. The van der Waals surface area contributed by atoms with Crippen molar-refractivity contribution in [3.05, 3.63) is 48.6 Å². The Morgan fingerprint density at radius 3 is 1.13 bits per heavy atom. The normalized spacial score (nSPS) is 13.3. The fourth-order valence-electron chi connectivity index (χ4n) is 7.13. The van der Waals surface area contributed by atoms with Gasteiger partial charge in [-0.2, -0.15) is 0 Å². The summed E-state index contributed by atoms with van der Waals surface area (Å²) in [5.74, 6) is -0.0669. The SMILES string of the molecule is CCCCCCC/C=C\C/C=C\C/C=C\CCCCCCCCCCCCCCCCCCCCCCC(=O)NC(CO)C(O)/C=C/CCCCCCC. The Hall–Kier alpha value is -1.65. The molecule has 0 aromatic rings. The number of amides is 1. The molecule has 0 rings (SSSR count). The summed E-state index contributed by atoms with van der Waals surface area (Å²) >= 11 is 0. The summed E-state index contributed by atoms with van der Waals surface area (Å²) in [6, 6.07) is -0.618. The molecule has 0 aromatic heterocycles. The highest BCUT2D eigenvalue weighted by molar-refractivity contribution is 5.76. The van der Waals surface area contributed by atoms with Gasteiger partial charge in [0, 0.05) is 6.42 Å². The standard InChI is InChI=1S/C50H93NO3/c1-3-5-7-9-11-12-13-14-15-16-17-18-19-20-21-22-23-24-25-26-27-28-29-30-31-32-33-34-35-36-37-38-40-42-44-46-50(54)51-48(47-52)49(53)45-43-41-39-10-8-6-4-2/h13-14,16-17,19-20,43,45,48-49,52-53H,3-12,15,18,21-42,44,46-47H2,1-2H3,(H,51,54)/b14-13-,17-16-,20-19-,45-43+. The first kappa shape index (κ1) is 52.3. The second-order valence-electron chi connectivity index (χ2n) is 16.2. The van der Waals surface area contributed by atoms with Gasteiger partial charge in [0.05, 0.1) is 18.8 Å². The van der Waals surface area contributed by atoms with Crippen molar-refractivity contribution in [1.29, 1.82) is 0 Å². The third-order valence-corrected chi connectivity index (χ3v) is 10.8. The van der Waals surface area contributed by atoms with E-state index in [-0.39, 0.29) is 12.5 Å². The highest BCUT2D eigenvalue weighted by Crippen LogP contribution is 2.16. The Bertz CT molecular complexity index is 862. The Balaban J connectivity index is 3.39. The topological polar surface area (TPSA) is 69.6 Å². The van der Waals surface area contributed by atoms with Crippen LogP contribution in [0.5, 0.6) is 0 Å². The molecule has 0 fully saturated rings. The van der Waals surface area contributed by atoms with Crippen molar-refractivity contribution in [1.82, 2.24) is 5.32 Å². The summed E-state index contributed by atoms with van der Waals surface area (Å²) in [5.41, 5.74) is 0. The van der Waals surface area contributed by atoms with Crippen molar-refractivity contribution in [2.75, 3.05) is 6.61 Å². The molecule has 0 bridgehead atoms. The Morgan fingerprint density at radius 1 is 0.444 bits per heavy atom. The van der Waals surface area contributed by atoms with Gasteiger partial charge in [-0.1, -0.05) is 229 Å². The van der Waals surface area contributed by atoms with Gasteiger partial charge in [-0.05, 0) is 57.8 Å². The summed E-state index contributed by atoms with van der Waals surface area (Å²) in [5, 5.41) is 22.8. The van der Waals surface area contributed by atoms with Crippen molar-refractivity contribution in [2.24, 2.45) is 0 Å². The average Bonchev–Trinajstić information content (AvgIpc) is 3.18. The van der Waals surface area contributed by atoms with E-state index in [1.165, 1.54) is 186 Å². The van der Waals surface area contributed by atoms with E-state index in [4.69, 9.17) is 0 Å². The third-order valence-electron chi connectivity index (χ3n) is 10.8. The molecular weight excluding hydrogens is 663 g/mol. The molecule has 0 aliphatic rings. The van der Waals surface area contributed by atoms with E-state index in [0.29, 0.717) is 6.42 Å². The first-order chi connectivity index (χ1) is 26.7. The zero-order chi connectivity index (χ0) is 39.3. The zero-order valence-electron chi connectivity index (χ0n) is 36.2. The van der Waals surface area contributed by atoms with Crippen molar-refractivity contribution < 1.29 is 15.0 Å². The van der Waals surface area contributed by atoms with Gasteiger partial charge in [-0.3, -0.25) is 4.79 Å². The molecule has 1 amide bonds.